The number of hydrogen-bond donors (Lipinski definition) is 1. The second-order valence-corrected chi connectivity index (χ2v) is 6.57. The lowest BCUT2D eigenvalue weighted by Gasteiger charge is -2.25. The van der Waals surface area contributed by atoms with E-state index in [1.807, 2.05) is 19.1 Å². The summed E-state index contributed by atoms with van der Waals surface area (Å²) >= 11 is 0. The smallest absolute Gasteiger partial charge is 0.327 e. The van der Waals surface area contributed by atoms with Crippen LogP contribution >= 0.6 is 0 Å². The number of methoxy groups -OCH3 is 3. The van der Waals surface area contributed by atoms with Crippen LogP contribution in [0.5, 0.6) is 17.2 Å². The molecule has 29 heavy (non-hydrogen) atoms. The maximum Gasteiger partial charge on any atom is 0.327 e. The Morgan fingerprint density at radius 2 is 1.86 bits per heavy atom. The molecule has 0 spiro atoms. The number of carbonyl (C=O) groups is 2. The number of aryl methyl sites for hydroxylation is 1. The number of anilines is 1. The molecule has 1 aromatic carbocycles. The van der Waals surface area contributed by atoms with E-state index in [-0.39, 0.29) is 31.4 Å². The number of hydrogen-bond acceptors (Lipinski definition) is 7. The van der Waals surface area contributed by atoms with Crippen LogP contribution in [0.25, 0.3) is 0 Å². The quantitative estimate of drug-likeness (QED) is 0.708. The first-order valence-electron chi connectivity index (χ1n) is 9.26. The minimum atomic E-state index is -0.415. The molecule has 9 heteroatoms. The first kappa shape index (κ1) is 20.5. The predicted molar refractivity (Wildman–Crippen MR) is 105 cm³/mol. The molecule has 0 fully saturated rings. The third-order valence-electron chi connectivity index (χ3n) is 4.84. The van der Waals surface area contributed by atoms with E-state index in [1.165, 1.54) is 11.8 Å². The summed E-state index contributed by atoms with van der Waals surface area (Å²) < 4.78 is 22.8. The number of carbonyl (C=O) groups excluding carboxylic acids is 2. The van der Waals surface area contributed by atoms with E-state index in [9.17, 15) is 9.59 Å². The second kappa shape index (κ2) is 8.42. The lowest BCUT2D eigenvalue weighted by atomic mass is 9.85. The molecule has 1 N–H and O–H groups in total. The Bertz CT molecular complexity index is 912. The molecule has 1 aliphatic rings. The van der Waals surface area contributed by atoms with Crippen molar-refractivity contribution in [1.82, 2.24) is 9.78 Å². The van der Waals surface area contributed by atoms with Gasteiger partial charge >= 0.3 is 5.97 Å². The monoisotopic (exact) mass is 403 g/mol. The summed E-state index contributed by atoms with van der Waals surface area (Å²) in [6.07, 6.45) is 0.234. The van der Waals surface area contributed by atoms with Gasteiger partial charge < -0.3 is 24.3 Å². The van der Waals surface area contributed by atoms with Gasteiger partial charge in [0.1, 0.15) is 12.4 Å². The standard InChI is InChI=1S/C20H25N3O6/c1-6-29-17(25)10-23-20-18(11(2)22-23)13(9-16(24)21-20)12-7-14(26-3)19(28-5)15(8-12)27-4/h7-8,13H,6,9-10H2,1-5H3,(H,21,24)/t13-/m0/s1. The fourth-order valence-electron chi connectivity index (χ4n) is 3.65. The summed E-state index contributed by atoms with van der Waals surface area (Å²) in [4.78, 5) is 24.4. The Morgan fingerprint density at radius 1 is 1.21 bits per heavy atom. The summed E-state index contributed by atoms with van der Waals surface area (Å²) in [5.41, 5.74) is 2.40. The van der Waals surface area contributed by atoms with Crippen molar-refractivity contribution in [2.24, 2.45) is 0 Å². The van der Waals surface area contributed by atoms with Gasteiger partial charge in [0.2, 0.25) is 11.7 Å². The number of fused-ring (bicyclic) bond motifs is 1. The van der Waals surface area contributed by atoms with Crippen molar-refractivity contribution in [3.63, 3.8) is 0 Å². The molecular weight excluding hydrogens is 378 g/mol. The van der Waals surface area contributed by atoms with Gasteiger partial charge in [-0.15, -0.1) is 0 Å². The first-order valence-corrected chi connectivity index (χ1v) is 9.26. The van der Waals surface area contributed by atoms with E-state index in [2.05, 4.69) is 10.4 Å². The highest BCUT2D eigenvalue weighted by atomic mass is 16.5. The molecule has 9 nitrogen and oxygen atoms in total. The Labute approximate surface area is 168 Å². The van der Waals surface area contributed by atoms with Crippen LogP contribution in [-0.4, -0.2) is 49.6 Å². The lowest BCUT2D eigenvalue weighted by molar-refractivity contribution is -0.144. The van der Waals surface area contributed by atoms with Gasteiger partial charge in [-0.1, -0.05) is 0 Å². The zero-order valence-corrected chi connectivity index (χ0v) is 17.2. The third kappa shape index (κ3) is 3.85. The van der Waals surface area contributed by atoms with E-state index in [0.717, 1.165) is 16.8 Å². The minimum Gasteiger partial charge on any atom is -0.493 e. The molecule has 1 aromatic heterocycles. The van der Waals surface area contributed by atoms with Gasteiger partial charge in [-0.05, 0) is 31.5 Å². The topological polar surface area (TPSA) is 101 Å². The molecule has 0 bridgehead atoms. The molecule has 1 aliphatic heterocycles. The zero-order chi connectivity index (χ0) is 21.1. The van der Waals surface area contributed by atoms with Crippen LogP contribution in [0.2, 0.25) is 0 Å². The number of rotatable bonds is 7. The first-order chi connectivity index (χ1) is 13.9. The highest BCUT2D eigenvalue weighted by Gasteiger charge is 2.34. The van der Waals surface area contributed by atoms with Crippen molar-refractivity contribution < 1.29 is 28.5 Å². The van der Waals surface area contributed by atoms with Gasteiger partial charge in [0.25, 0.3) is 0 Å². The van der Waals surface area contributed by atoms with Crippen LogP contribution in [0, 0.1) is 6.92 Å². The summed E-state index contributed by atoms with van der Waals surface area (Å²) in [5.74, 6) is 1.14. The number of nitrogens with one attached hydrogen (secondary N) is 1. The number of benzene rings is 1. The number of esters is 1. The lowest BCUT2D eigenvalue weighted by Crippen LogP contribution is -2.26. The average Bonchev–Trinajstić information content (AvgIpc) is 3.01. The second-order valence-electron chi connectivity index (χ2n) is 6.57. The van der Waals surface area contributed by atoms with Crippen molar-refractivity contribution in [2.75, 3.05) is 33.3 Å². The average molecular weight is 403 g/mol. The molecule has 1 atom stereocenters. The van der Waals surface area contributed by atoms with Crippen molar-refractivity contribution in [1.29, 1.82) is 0 Å². The molecule has 0 unspecified atom stereocenters. The van der Waals surface area contributed by atoms with Gasteiger partial charge in [0.05, 0.1) is 33.6 Å². The number of aromatic nitrogens is 2. The van der Waals surface area contributed by atoms with E-state index < -0.39 is 5.97 Å². The molecule has 0 radical (unpaired) electrons. The minimum absolute atomic E-state index is 0.0771. The summed E-state index contributed by atoms with van der Waals surface area (Å²) in [7, 11) is 4.63. The van der Waals surface area contributed by atoms with Crippen LogP contribution in [-0.2, 0) is 20.9 Å². The van der Waals surface area contributed by atoms with Crippen LogP contribution < -0.4 is 19.5 Å². The fraction of sp³-hybridized carbons (Fsp3) is 0.450. The molecule has 1 amide bonds. The van der Waals surface area contributed by atoms with E-state index in [4.69, 9.17) is 18.9 Å². The Hall–Kier alpha value is -3.23. The van der Waals surface area contributed by atoms with E-state index >= 15 is 0 Å². The Kier molecular flexibility index (Phi) is 5.95. The van der Waals surface area contributed by atoms with E-state index in [1.54, 1.807) is 21.1 Å². The number of nitrogens with zero attached hydrogens (tertiary/aromatic N) is 2. The fourth-order valence-corrected chi connectivity index (χ4v) is 3.65. The van der Waals surface area contributed by atoms with E-state index in [0.29, 0.717) is 23.1 Å². The van der Waals surface area contributed by atoms with Gasteiger partial charge in [-0.25, -0.2) is 4.68 Å². The number of amides is 1. The number of ether oxygens (including phenoxy) is 4. The van der Waals surface area contributed by atoms with Gasteiger partial charge in [-0.3, -0.25) is 9.59 Å². The van der Waals surface area contributed by atoms with Gasteiger partial charge in [0, 0.05) is 17.9 Å². The van der Waals surface area contributed by atoms with Crippen molar-refractivity contribution in [3.05, 3.63) is 29.0 Å². The molecule has 0 saturated heterocycles. The van der Waals surface area contributed by atoms with Crippen LogP contribution in [0.4, 0.5) is 5.82 Å². The predicted octanol–water partition coefficient (Wildman–Crippen LogP) is 2.25. The SMILES string of the molecule is CCOC(=O)Cn1nc(C)c2c1NC(=O)C[C@H]2c1cc(OC)c(OC)c(OC)c1. The summed E-state index contributed by atoms with van der Waals surface area (Å²) in [6, 6.07) is 3.66. The molecule has 2 heterocycles. The van der Waals surface area contributed by atoms with Crippen molar-refractivity contribution >= 4 is 17.7 Å². The Morgan fingerprint density at radius 3 is 2.41 bits per heavy atom. The van der Waals surface area contributed by atoms with Crippen LogP contribution in [0.1, 0.15) is 36.1 Å². The van der Waals surface area contributed by atoms with Crippen molar-refractivity contribution in [2.45, 2.75) is 32.7 Å². The maximum atomic E-state index is 12.5. The highest BCUT2D eigenvalue weighted by Crippen LogP contribution is 2.45. The summed E-state index contributed by atoms with van der Waals surface area (Å²) in [5, 5.41) is 7.30. The summed E-state index contributed by atoms with van der Waals surface area (Å²) in [6.45, 7) is 3.79. The molecule has 0 aliphatic carbocycles. The molecule has 3 rings (SSSR count). The largest absolute Gasteiger partial charge is 0.493 e. The third-order valence-corrected chi connectivity index (χ3v) is 4.84. The van der Waals surface area contributed by atoms with Crippen molar-refractivity contribution in [3.8, 4) is 17.2 Å². The Balaban J connectivity index is 2.09. The van der Waals surface area contributed by atoms with Gasteiger partial charge in [0.15, 0.2) is 11.5 Å². The highest BCUT2D eigenvalue weighted by molar-refractivity contribution is 5.95. The van der Waals surface area contributed by atoms with Crippen LogP contribution in [0.15, 0.2) is 12.1 Å². The maximum absolute atomic E-state index is 12.5. The molecule has 2 aromatic rings. The van der Waals surface area contributed by atoms with Gasteiger partial charge in [-0.2, -0.15) is 5.10 Å². The molecule has 0 saturated carbocycles. The normalized spacial score (nSPS) is 15.3. The van der Waals surface area contributed by atoms with Crippen LogP contribution in [0.3, 0.4) is 0 Å². The zero-order valence-electron chi connectivity index (χ0n) is 17.2. The molecule has 156 valence electrons. The molecular formula is C20H25N3O6.